The van der Waals surface area contributed by atoms with Gasteiger partial charge in [-0.15, -0.1) is 0 Å². The summed E-state index contributed by atoms with van der Waals surface area (Å²) in [6, 6.07) is -0.686. The zero-order chi connectivity index (χ0) is 13.5. The number of hydrogen-bond acceptors (Lipinski definition) is 4. The number of nitrogens with one attached hydrogen (secondary N) is 1. The molecule has 6 nitrogen and oxygen atoms in total. The highest BCUT2D eigenvalue weighted by atomic mass is 16.4. The van der Waals surface area contributed by atoms with Gasteiger partial charge in [0.05, 0.1) is 6.20 Å². The second-order valence-electron chi connectivity index (χ2n) is 4.20. The summed E-state index contributed by atoms with van der Waals surface area (Å²) < 4.78 is 1.61. The van der Waals surface area contributed by atoms with Crippen molar-refractivity contribution in [3.05, 3.63) is 18.0 Å². The van der Waals surface area contributed by atoms with Gasteiger partial charge in [-0.3, -0.25) is 14.8 Å². The predicted molar refractivity (Wildman–Crippen MR) is 69.4 cm³/mol. The molecule has 0 amide bonds. The van der Waals surface area contributed by atoms with Crippen LogP contribution >= 0.6 is 0 Å². The largest absolute Gasteiger partial charge is 0.480 e. The molecule has 1 atom stereocenters. The van der Waals surface area contributed by atoms with E-state index in [4.69, 9.17) is 0 Å². The van der Waals surface area contributed by atoms with Gasteiger partial charge in [0.25, 0.3) is 0 Å². The second kappa shape index (κ2) is 7.13. The van der Waals surface area contributed by atoms with Crippen LogP contribution < -0.4 is 5.32 Å². The lowest BCUT2D eigenvalue weighted by Crippen LogP contribution is -2.36. The Morgan fingerprint density at radius 2 is 2.22 bits per heavy atom. The van der Waals surface area contributed by atoms with Crippen LogP contribution in [-0.4, -0.2) is 51.9 Å². The first kappa shape index (κ1) is 14.7. The lowest BCUT2D eigenvalue weighted by atomic mass is 10.1. The number of rotatable bonds is 8. The van der Waals surface area contributed by atoms with Gasteiger partial charge >= 0.3 is 5.97 Å². The molecule has 6 heteroatoms. The van der Waals surface area contributed by atoms with Crippen LogP contribution in [0.1, 0.15) is 25.5 Å². The van der Waals surface area contributed by atoms with Crippen LogP contribution in [0.2, 0.25) is 0 Å². The van der Waals surface area contributed by atoms with E-state index in [2.05, 4.69) is 29.2 Å². The molecule has 0 spiro atoms. The van der Waals surface area contributed by atoms with Crippen molar-refractivity contribution in [2.24, 2.45) is 7.05 Å². The molecule has 0 saturated carbocycles. The van der Waals surface area contributed by atoms with Gasteiger partial charge in [0.2, 0.25) is 0 Å². The van der Waals surface area contributed by atoms with E-state index in [1.165, 1.54) is 0 Å². The molecule has 0 aliphatic heterocycles. The lowest BCUT2D eigenvalue weighted by molar-refractivity contribution is -0.139. The van der Waals surface area contributed by atoms with Crippen molar-refractivity contribution in [1.29, 1.82) is 0 Å². The van der Waals surface area contributed by atoms with Crippen molar-refractivity contribution in [1.82, 2.24) is 20.0 Å². The third-order valence-electron chi connectivity index (χ3n) is 2.98. The number of carboxylic acid groups (broad SMARTS) is 1. The molecule has 0 aromatic carbocycles. The minimum atomic E-state index is -0.873. The minimum Gasteiger partial charge on any atom is -0.480 e. The molecular formula is C12H22N4O2. The maximum absolute atomic E-state index is 11.2. The number of carbonyl (C=O) groups is 1. The van der Waals surface area contributed by atoms with E-state index >= 15 is 0 Å². The third-order valence-corrected chi connectivity index (χ3v) is 2.98. The molecule has 1 unspecified atom stereocenters. The monoisotopic (exact) mass is 254 g/mol. The Bertz CT molecular complexity index is 374. The van der Waals surface area contributed by atoms with Gasteiger partial charge < -0.3 is 10.0 Å². The van der Waals surface area contributed by atoms with E-state index in [0.717, 1.165) is 19.6 Å². The fourth-order valence-corrected chi connectivity index (χ4v) is 1.84. The molecule has 0 aliphatic rings. The summed E-state index contributed by atoms with van der Waals surface area (Å²) in [5.41, 5.74) is 0.685. The molecule has 1 aromatic rings. The van der Waals surface area contributed by atoms with Gasteiger partial charge in [0.15, 0.2) is 0 Å². The van der Waals surface area contributed by atoms with Crippen LogP contribution in [0.15, 0.2) is 12.4 Å². The first-order valence-electron chi connectivity index (χ1n) is 6.25. The van der Waals surface area contributed by atoms with E-state index in [1.807, 2.05) is 0 Å². The highest BCUT2D eigenvalue weighted by molar-refractivity contribution is 5.75. The molecule has 0 bridgehead atoms. The Morgan fingerprint density at radius 1 is 1.56 bits per heavy atom. The molecule has 2 N–H and O–H groups in total. The van der Waals surface area contributed by atoms with E-state index in [9.17, 15) is 9.90 Å². The van der Waals surface area contributed by atoms with E-state index in [0.29, 0.717) is 12.1 Å². The first-order valence-corrected chi connectivity index (χ1v) is 6.25. The zero-order valence-corrected chi connectivity index (χ0v) is 11.3. The Hall–Kier alpha value is -1.40. The van der Waals surface area contributed by atoms with E-state index < -0.39 is 12.0 Å². The van der Waals surface area contributed by atoms with Gasteiger partial charge in [0.1, 0.15) is 6.04 Å². The average molecular weight is 254 g/mol. The maximum Gasteiger partial charge on any atom is 0.325 e. The number of aliphatic carboxylic acids is 1. The van der Waals surface area contributed by atoms with Crippen molar-refractivity contribution in [2.45, 2.75) is 19.9 Å². The van der Waals surface area contributed by atoms with E-state index in [-0.39, 0.29) is 0 Å². The third kappa shape index (κ3) is 4.12. The second-order valence-corrected chi connectivity index (χ2v) is 4.20. The number of carboxylic acids is 1. The van der Waals surface area contributed by atoms with Crippen molar-refractivity contribution >= 4 is 5.97 Å². The summed E-state index contributed by atoms with van der Waals surface area (Å²) in [6.45, 7) is 7.63. The Morgan fingerprint density at radius 3 is 2.67 bits per heavy atom. The van der Waals surface area contributed by atoms with Crippen LogP contribution in [-0.2, 0) is 11.8 Å². The minimum absolute atomic E-state index is 0.646. The average Bonchev–Trinajstić information content (AvgIpc) is 2.75. The normalized spacial score (nSPS) is 12.9. The fourth-order valence-electron chi connectivity index (χ4n) is 1.84. The van der Waals surface area contributed by atoms with Crippen molar-refractivity contribution in [3.63, 3.8) is 0 Å². The molecule has 0 saturated heterocycles. The summed E-state index contributed by atoms with van der Waals surface area (Å²) in [6.07, 6.45) is 3.31. The summed E-state index contributed by atoms with van der Waals surface area (Å²) >= 11 is 0. The molecule has 0 aliphatic carbocycles. The fraction of sp³-hybridized carbons (Fsp3) is 0.667. The van der Waals surface area contributed by atoms with Crippen LogP contribution in [0, 0.1) is 0 Å². The molecular weight excluding hydrogens is 232 g/mol. The van der Waals surface area contributed by atoms with Crippen LogP contribution in [0.3, 0.4) is 0 Å². The van der Waals surface area contributed by atoms with Crippen molar-refractivity contribution in [2.75, 3.05) is 26.2 Å². The zero-order valence-electron chi connectivity index (χ0n) is 11.3. The smallest absolute Gasteiger partial charge is 0.325 e. The van der Waals surface area contributed by atoms with Crippen LogP contribution in [0.4, 0.5) is 0 Å². The topological polar surface area (TPSA) is 70.4 Å². The van der Waals surface area contributed by atoms with Gasteiger partial charge in [-0.05, 0) is 13.1 Å². The number of aryl methyl sites for hydroxylation is 1. The quantitative estimate of drug-likeness (QED) is 0.706. The maximum atomic E-state index is 11.2. The molecule has 102 valence electrons. The molecule has 1 aromatic heterocycles. The SMILES string of the molecule is CCN(CC)CCNC(C(=O)O)c1cnn(C)c1. The summed E-state index contributed by atoms with van der Waals surface area (Å²) in [5.74, 6) is -0.873. The lowest BCUT2D eigenvalue weighted by Gasteiger charge is -2.20. The highest BCUT2D eigenvalue weighted by Crippen LogP contribution is 2.11. The Kier molecular flexibility index (Phi) is 5.80. The van der Waals surface area contributed by atoms with Crippen molar-refractivity contribution < 1.29 is 9.90 Å². The molecule has 0 radical (unpaired) electrons. The number of hydrogen-bond donors (Lipinski definition) is 2. The standard InChI is InChI=1S/C12H22N4O2/c1-4-16(5-2)7-6-13-11(12(17)18)10-8-14-15(3)9-10/h8-9,11,13H,4-7H2,1-3H3,(H,17,18). The van der Waals surface area contributed by atoms with E-state index in [1.54, 1.807) is 24.1 Å². The number of likely N-dealkylation sites (N-methyl/N-ethyl adjacent to an activating group) is 1. The van der Waals surface area contributed by atoms with Crippen LogP contribution in [0.5, 0.6) is 0 Å². The number of nitrogens with zero attached hydrogens (tertiary/aromatic N) is 3. The molecule has 1 heterocycles. The summed E-state index contributed by atoms with van der Waals surface area (Å²) in [5, 5.41) is 16.3. The number of aromatic nitrogens is 2. The highest BCUT2D eigenvalue weighted by Gasteiger charge is 2.20. The first-order chi connectivity index (χ1) is 8.58. The Labute approximate surface area is 108 Å². The van der Waals surface area contributed by atoms with Crippen molar-refractivity contribution in [3.8, 4) is 0 Å². The van der Waals surface area contributed by atoms with Gasteiger partial charge in [0, 0.05) is 31.9 Å². The van der Waals surface area contributed by atoms with Gasteiger partial charge in [-0.1, -0.05) is 13.8 Å². The molecule has 18 heavy (non-hydrogen) atoms. The van der Waals surface area contributed by atoms with Gasteiger partial charge in [-0.25, -0.2) is 0 Å². The van der Waals surface area contributed by atoms with Crippen LogP contribution in [0.25, 0.3) is 0 Å². The summed E-state index contributed by atoms with van der Waals surface area (Å²) in [7, 11) is 1.78. The Balaban J connectivity index is 2.52. The summed E-state index contributed by atoms with van der Waals surface area (Å²) in [4.78, 5) is 13.5. The van der Waals surface area contributed by atoms with Gasteiger partial charge in [-0.2, -0.15) is 5.10 Å². The predicted octanol–water partition coefficient (Wildman–Crippen LogP) is 0.477. The molecule has 0 fully saturated rings. The molecule has 1 rings (SSSR count).